The molecule has 3 unspecified atom stereocenters. The van der Waals surface area contributed by atoms with Gasteiger partial charge in [0.05, 0.1) is 0 Å². The van der Waals surface area contributed by atoms with Crippen molar-refractivity contribution in [3.8, 4) is 0 Å². The van der Waals surface area contributed by atoms with Gasteiger partial charge in [0.1, 0.15) is 0 Å². The van der Waals surface area contributed by atoms with Crippen molar-refractivity contribution >= 4 is 16.7 Å². The average molecular weight is 234 g/mol. The zero-order chi connectivity index (χ0) is 11.8. The maximum absolute atomic E-state index is 11.5. The van der Waals surface area contributed by atoms with E-state index < -0.39 is 10.8 Å². The third-order valence-electron chi connectivity index (χ3n) is 2.27. The van der Waals surface area contributed by atoms with Crippen molar-refractivity contribution in [1.82, 2.24) is 5.32 Å². The fourth-order valence-electron chi connectivity index (χ4n) is 1.18. The molecule has 0 radical (unpaired) electrons. The van der Waals surface area contributed by atoms with Crippen molar-refractivity contribution in [2.75, 3.05) is 18.6 Å². The highest BCUT2D eigenvalue weighted by atomic mass is 32.2. The zero-order valence-electron chi connectivity index (χ0n) is 9.79. The van der Waals surface area contributed by atoms with Gasteiger partial charge in [0, 0.05) is 34.8 Å². The second-order valence-electron chi connectivity index (χ2n) is 3.95. The van der Waals surface area contributed by atoms with Crippen LogP contribution in [0.1, 0.15) is 26.7 Å². The first-order valence-corrected chi connectivity index (χ1v) is 7.00. The Balaban J connectivity index is 3.79. The number of nitrogens with two attached hydrogens (primary N) is 1. The number of nitrogens with one attached hydrogen (secondary N) is 1. The summed E-state index contributed by atoms with van der Waals surface area (Å²) in [6.07, 6.45) is 3.13. The smallest absolute Gasteiger partial charge is 0.223 e. The number of carbonyl (C=O) groups is 1. The van der Waals surface area contributed by atoms with Gasteiger partial charge >= 0.3 is 0 Å². The molecule has 0 aliphatic rings. The van der Waals surface area contributed by atoms with Crippen LogP contribution in [-0.2, 0) is 15.6 Å². The lowest BCUT2D eigenvalue weighted by atomic mass is 10.1. The van der Waals surface area contributed by atoms with E-state index in [-0.39, 0.29) is 17.9 Å². The Morgan fingerprint density at radius 1 is 1.40 bits per heavy atom. The molecule has 4 nitrogen and oxygen atoms in total. The molecule has 3 atom stereocenters. The maximum Gasteiger partial charge on any atom is 0.223 e. The van der Waals surface area contributed by atoms with E-state index in [1.807, 2.05) is 13.8 Å². The van der Waals surface area contributed by atoms with Crippen LogP contribution in [0.25, 0.3) is 0 Å². The van der Waals surface area contributed by atoms with Crippen molar-refractivity contribution in [2.24, 2.45) is 11.7 Å². The topological polar surface area (TPSA) is 72.2 Å². The Morgan fingerprint density at radius 3 is 2.47 bits per heavy atom. The van der Waals surface area contributed by atoms with Gasteiger partial charge in [-0.25, -0.2) is 0 Å². The fourth-order valence-corrected chi connectivity index (χ4v) is 1.87. The number of hydrogen-bond acceptors (Lipinski definition) is 3. The van der Waals surface area contributed by atoms with Gasteiger partial charge in [-0.15, -0.1) is 0 Å². The van der Waals surface area contributed by atoms with E-state index in [0.29, 0.717) is 18.7 Å². The molecule has 0 aromatic heterocycles. The van der Waals surface area contributed by atoms with Crippen LogP contribution >= 0.6 is 0 Å². The van der Waals surface area contributed by atoms with Crippen molar-refractivity contribution in [2.45, 2.75) is 32.7 Å². The summed E-state index contributed by atoms with van der Waals surface area (Å²) in [5.41, 5.74) is 5.38. The van der Waals surface area contributed by atoms with Crippen LogP contribution in [0.15, 0.2) is 0 Å². The molecule has 1 amide bonds. The molecular formula is C10H22N2O2S. The molecular weight excluding hydrogens is 212 g/mol. The summed E-state index contributed by atoms with van der Waals surface area (Å²) in [5.74, 6) is 0.631. The molecule has 5 heteroatoms. The van der Waals surface area contributed by atoms with Crippen molar-refractivity contribution in [1.29, 1.82) is 0 Å². The molecule has 0 aliphatic heterocycles. The van der Waals surface area contributed by atoms with Crippen molar-refractivity contribution < 1.29 is 9.00 Å². The molecule has 0 heterocycles. The normalized spacial score (nSPS) is 16.8. The number of carbonyl (C=O) groups excluding carboxylic acids is 1. The zero-order valence-corrected chi connectivity index (χ0v) is 10.6. The third-order valence-corrected chi connectivity index (χ3v) is 3.08. The number of rotatable bonds is 7. The van der Waals surface area contributed by atoms with Gasteiger partial charge in [0.25, 0.3) is 0 Å². The van der Waals surface area contributed by atoms with Gasteiger partial charge in [-0.1, -0.05) is 6.92 Å². The molecule has 0 aromatic rings. The molecule has 0 fully saturated rings. The molecule has 0 saturated heterocycles. The van der Waals surface area contributed by atoms with Gasteiger partial charge in [-0.05, 0) is 26.3 Å². The summed E-state index contributed by atoms with van der Waals surface area (Å²) < 4.78 is 10.9. The van der Waals surface area contributed by atoms with E-state index in [2.05, 4.69) is 5.32 Å². The van der Waals surface area contributed by atoms with Gasteiger partial charge in [0.2, 0.25) is 5.91 Å². The number of hydrogen-bond donors (Lipinski definition) is 2. The first-order chi connectivity index (χ1) is 6.97. The maximum atomic E-state index is 11.5. The lowest BCUT2D eigenvalue weighted by Gasteiger charge is -2.16. The first-order valence-electron chi connectivity index (χ1n) is 5.27. The lowest BCUT2D eigenvalue weighted by molar-refractivity contribution is -0.125. The second kappa shape index (κ2) is 7.82. The molecule has 0 saturated carbocycles. The predicted molar refractivity (Wildman–Crippen MR) is 64.0 cm³/mol. The summed E-state index contributed by atoms with van der Waals surface area (Å²) in [6.45, 7) is 4.33. The summed E-state index contributed by atoms with van der Waals surface area (Å²) in [5, 5.41) is 2.89. The molecule has 0 aliphatic carbocycles. The van der Waals surface area contributed by atoms with E-state index >= 15 is 0 Å². The van der Waals surface area contributed by atoms with Crippen molar-refractivity contribution in [3.63, 3.8) is 0 Å². The van der Waals surface area contributed by atoms with Gasteiger partial charge in [0.15, 0.2) is 0 Å². The van der Waals surface area contributed by atoms with Crippen LogP contribution in [0.2, 0.25) is 0 Å². The Morgan fingerprint density at radius 2 is 2.00 bits per heavy atom. The second-order valence-corrected chi connectivity index (χ2v) is 5.51. The fraction of sp³-hybridized carbons (Fsp3) is 0.900. The monoisotopic (exact) mass is 234 g/mol. The van der Waals surface area contributed by atoms with Crippen LogP contribution in [0.4, 0.5) is 0 Å². The van der Waals surface area contributed by atoms with E-state index in [1.165, 1.54) is 0 Å². The average Bonchev–Trinajstić information content (AvgIpc) is 2.15. The number of amides is 1. The summed E-state index contributed by atoms with van der Waals surface area (Å²) in [7, 11) is -0.786. The van der Waals surface area contributed by atoms with Crippen LogP contribution in [-0.4, -0.2) is 34.7 Å². The van der Waals surface area contributed by atoms with Crippen LogP contribution < -0.4 is 11.1 Å². The summed E-state index contributed by atoms with van der Waals surface area (Å²) in [4.78, 5) is 11.5. The Hall–Kier alpha value is -0.420. The Labute approximate surface area is 94.4 Å². The Kier molecular flexibility index (Phi) is 7.60. The van der Waals surface area contributed by atoms with Gasteiger partial charge in [-0.2, -0.15) is 0 Å². The van der Waals surface area contributed by atoms with E-state index in [0.717, 1.165) is 6.42 Å². The molecule has 90 valence electrons. The SMILES string of the molecule is CC(CCS(C)=O)NC(=O)C(C)CCN. The van der Waals surface area contributed by atoms with Crippen molar-refractivity contribution in [3.05, 3.63) is 0 Å². The lowest BCUT2D eigenvalue weighted by Crippen LogP contribution is -2.37. The third kappa shape index (κ3) is 7.50. The highest BCUT2D eigenvalue weighted by Crippen LogP contribution is 2.02. The van der Waals surface area contributed by atoms with E-state index in [9.17, 15) is 9.00 Å². The molecule has 0 rings (SSSR count). The van der Waals surface area contributed by atoms with E-state index in [4.69, 9.17) is 5.73 Å². The van der Waals surface area contributed by atoms with Crippen LogP contribution in [0.3, 0.4) is 0 Å². The molecule has 15 heavy (non-hydrogen) atoms. The molecule has 0 aromatic carbocycles. The van der Waals surface area contributed by atoms with Crippen LogP contribution in [0, 0.1) is 5.92 Å². The predicted octanol–water partition coefficient (Wildman–Crippen LogP) is 0.245. The molecule has 3 N–H and O–H groups in total. The minimum atomic E-state index is -0.786. The highest BCUT2D eigenvalue weighted by Gasteiger charge is 2.14. The van der Waals surface area contributed by atoms with Crippen LogP contribution in [0.5, 0.6) is 0 Å². The van der Waals surface area contributed by atoms with Gasteiger partial charge < -0.3 is 11.1 Å². The molecule has 0 bridgehead atoms. The van der Waals surface area contributed by atoms with Gasteiger partial charge in [-0.3, -0.25) is 9.00 Å². The quantitative estimate of drug-likeness (QED) is 0.663. The van der Waals surface area contributed by atoms with E-state index in [1.54, 1.807) is 6.26 Å². The Bertz CT molecular complexity index is 221. The molecule has 0 spiro atoms. The standard InChI is InChI=1S/C10H22N2O2S/c1-8(4-6-11)10(13)12-9(2)5-7-15(3)14/h8-9H,4-7,11H2,1-3H3,(H,12,13). The summed E-state index contributed by atoms with van der Waals surface area (Å²) in [6, 6.07) is 0.0848. The highest BCUT2D eigenvalue weighted by molar-refractivity contribution is 7.84. The first kappa shape index (κ1) is 14.6. The summed E-state index contributed by atoms with van der Waals surface area (Å²) >= 11 is 0. The largest absolute Gasteiger partial charge is 0.353 e. The minimum Gasteiger partial charge on any atom is -0.353 e. The minimum absolute atomic E-state index is 0.0369.